The van der Waals surface area contributed by atoms with Crippen molar-refractivity contribution in [3.05, 3.63) is 18.0 Å². The van der Waals surface area contributed by atoms with Crippen molar-refractivity contribution in [1.82, 2.24) is 15.3 Å². The Bertz CT molecular complexity index is 440. The van der Waals surface area contributed by atoms with Gasteiger partial charge in [0.15, 0.2) is 0 Å². The molecule has 4 heteroatoms. The highest BCUT2D eigenvalue weighted by atomic mass is 15.3. The van der Waals surface area contributed by atoms with Gasteiger partial charge in [-0.25, -0.2) is 9.97 Å². The van der Waals surface area contributed by atoms with E-state index in [-0.39, 0.29) is 5.41 Å². The van der Waals surface area contributed by atoms with E-state index < -0.39 is 0 Å². The molecule has 2 saturated heterocycles. The molecular formula is C15H24N4. The Labute approximate surface area is 115 Å². The second-order valence-corrected chi connectivity index (χ2v) is 7.12. The van der Waals surface area contributed by atoms with Crippen LogP contribution in [-0.2, 0) is 5.41 Å². The average molecular weight is 260 g/mol. The number of rotatable bonds is 1. The second-order valence-electron chi connectivity index (χ2n) is 7.12. The first-order valence-electron chi connectivity index (χ1n) is 7.27. The normalized spacial score (nSPS) is 27.4. The predicted molar refractivity (Wildman–Crippen MR) is 77.5 cm³/mol. The third kappa shape index (κ3) is 2.46. The Hall–Kier alpha value is -1.16. The van der Waals surface area contributed by atoms with Crippen LogP contribution in [0.2, 0.25) is 0 Å². The van der Waals surface area contributed by atoms with Crippen LogP contribution in [0.4, 0.5) is 5.95 Å². The molecule has 0 saturated carbocycles. The minimum absolute atomic E-state index is 0.125. The molecular weight excluding hydrogens is 236 g/mol. The van der Waals surface area contributed by atoms with Crippen molar-refractivity contribution in [2.75, 3.05) is 31.1 Å². The molecule has 1 N–H and O–H groups in total. The van der Waals surface area contributed by atoms with Crippen LogP contribution in [0.15, 0.2) is 12.4 Å². The zero-order valence-electron chi connectivity index (χ0n) is 12.2. The Morgan fingerprint density at radius 1 is 1.21 bits per heavy atom. The maximum absolute atomic E-state index is 4.58. The third-order valence-electron chi connectivity index (χ3n) is 4.56. The molecule has 4 nitrogen and oxygen atoms in total. The van der Waals surface area contributed by atoms with E-state index in [2.05, 4.69) is 41.0 Å². The highest BCUT2D eigenvalue weighted by Crippen LogP contribution is 2.37. The number of aromatic nitrogens is 2. The number of nitrogens with zero attached hydrogens (tertiary/aromatic N) is 3. The van der Waals surface area contributed by atoms with Gasteiger partial charge in [0.2, 0.25) is 5.95 Å². The molecule has 104 valence electrons. The van der Waals surface area contributed by atoms with Crippen LogP contribution in [-0.4, -0.2) is 36.1 Å². The topological polar surface area (TPSA) is 41.1 Å². The monoisotopic (exact) mass is 260 g/mol. The number of hydrogen-bond donors (Lipinski definition) is 1. The fraction of sp³-hybridized carbons (Fsp3) is 0.733. The van der Waals surface area contributed by atoms with Gasteiger partial charge < -0.3 is 10.2 Å². The third-order valence-corrected chi connectivity index (χ3v) is 4.56. The number of anilines is 1. The summed E-state index contributed by atoms with van der Waals surface area (Å²) in [5.74, 6) is 0.900. The number of hydrogen-bond acceptors (Lipinski definition) is 4. The van der Waals surface area contributed by atoms with Gasteiger partial charge in [0.05, 0.1) is 0 Å². The van der Waals surface area contributed by atoms with Crippen LogP contribution < -0.4 is 10.2 Å². The molecule has 1 aromatic rings. The van der Waals surface area contributed by atoms with Crippen LogP contribution in [0, 0.1) is 5.41 Å². The van der Waals surface area contributed by atoms with E-state index in [0.717, 1.165) is 32.1 Å². The molecule has 0 bridgehead atoms. The molecule has 1 atom stereocenters. The SMILES string of the molecule is CC(C)(C)c1cnc(N2CCC3(CCNC3)C2)nc1. The van der Waals surface area contributed by atoms with Gasteiger partial charge in [-0.05, 0) is 30.4 Å². The molecule has 0 aromatic carbocycles. The Morgan fingerprint density at radius 3 is 2.53 bits per heavy atom. The molecule has 0 radical (unpaired) electrons. The summed E-state index contributed by atoms with van der Waals surface area (Å²) in [6, 6.07) is 0. The molecule has 19 heavy (non-hydrogen) atoms. The van der Waals surface area contributed by atoms with Crippen molar-refractivity contribution in [2.45, 2.75) is 39.0 Å². The van der Waals surface area contributed by atoms with Gasteiger partial charge in [-0.3, -0.25) is 0 Å². The number of nitrogens with one attached hydrogen (secondary N) is 1. The van der Waals surface area contributed by atoms with Crippen LogP contribution in [0.5, 0.6) is 0 Å². The minimum atomic E-state index is 0.125. The summed E-state index contributed by atoms with van der Waals surface area (Å²) in [7, 11) is 0. The second kappa shape index (κ2) is 4.44. The van der Waals surface area contributed by atoms with Crippen LogP contribution in [0.25, 0.3) is 0 Å². The smallest absolute Gasteiger partial charge is 0.225 e. The van der Waals surface area contributed by atoms with Gasteiger partial charge >= 0.3 is 0 Å². The van der Waals surface area contributed by atoms with E-state index in [1.54, 1.807) is 0 Å². The van der Waals surface area contributed by atoms with Gasteiger partial charge in [0.1, 0.15) is 0 Å². The molecule has 1 spiro atoms. The van der Waals surface area contributed by atoms with Crippen LogP contribution in [0.1, 0.15) is 39.2 Å². The average Bonchev–Trinajstić information content (AvgIpc) is 3.00. The molecule has 0 aliphatic carbocycles. The van der Waals surface area contributed by atoms with Crippen LogP contribution >= 0.6 is 0 Å². The Balaban J connectivity index is 1.73. The van der Waals surface area contributed by atoms with Gasteiger partial charge in [0.25, 0.3) is 0 Å². The highest BCUT2D eigenvalue weighted by molar-refractivity contribution is 5.34. The summed E-state index contributed by atoms with van der Waals surface area (Å²) in [4.78, 5) is 11.5. The van der Waals surface area contributed by atoms with E-state index in [1.807, 2.05) is 12.4 Å². The summed E-state index contributed by atoms with van der Waals surface area (Å²) in [5, 5.41) is 3.49. The molecule has 1 unspecified atom stereocenters. The zero-order valence-corrected chi connectivity index (χ0v) is 12.2. The van der Waals surface area contributed by atoms with Crippen LogP contribution in [0.3, 0.4) is 0 Å². The Morgan fingerprint density at radius 2 is 1.95 bits per heavy atom. The van der Waals surface area contributed by atoms with Crippen molar-refractivity contribution in [1.29, 1.82) is 0 Å². The fourth-order valence-corrected chi connectivity index (χ4v) is 3.12. The van der Waals surface area contributed by atoms with E-state index in [9.17, 15) is 0 Å². The first-order valence-corrected chi connectivity index (χ1v) is 7.27. The summed E-state index contributed by atoms with van der Waals surface area (Å²) in [6.07, 6.45) is 6.54. The molecule has 0 amide bonds. The first-order chi connectivity index (χ1) is 8.99. The van der Waals surface area contributed by atoms with Crippen molar-refractivity contribution < 1.29 is 0 Å². The van der Waals surface area contributed by atoms with Gasteiger partial charge in [0, 0.05) is 37.4 Å². The van der Waals surface area contributed by atoms with Crippen molar-refractivity contribution in [3.8, 4) is 0 Å². The summed E-state index contributed by atoms with van der Waals surface area (Å²) >= 11 is 0. The Kier molecular flexibility index (Phi) is 3.01. The van der Waals surface area contributed by atoms with Crippen molar-refractivity contribution in [3.63, 3.8) is 0 Å². The molecule has 3 rings (SSSR count). The standard InChI is InChI=1S/C15H24N4/c1-14(2,3)12-8-17-13(18-9-12)19-7-5-15(11-19)4-6-16-10-15/h8-9,16H,4-7,10-11H2,1-3H3. The summed E-state index contributed by atoms with van der Waals surface area (Å²) in [5.41, 5.74) is 1.80. The quantitative estimate of drug-likeness (QED) is 0.838. The highest BCUT2D eigenvalue weighted by Gasteiger charge is 2.41. The maximum atomic E-state index is 4.58. The lowest BCUT2D eigenvalue weighted by Gasteiger charge is -2.23. The lowest BCUT2D eigenvalue weighted by molar-refractivity contribution is 0.369. The maximum Gasteiger partial charge on any atom is 0.225 e. The summed E-state index contributed by atoms with van der Waals surface area (Å²) in [6.45, 7) is 11.1. The molecule has 3 heterocycles. The van der Waals surface area contributed by atoms with Gasteiger partial charge in [-0.2, -0.15) is 0 Å². The van der Waals surface area contributed by atoms with E-state index >= 15 is 0 Å². The van der Waals surface area contributed by atoms with E-state index in [0.29, 0.717) is 5.41 Å². The molecule has 1 aromatic heterocycles. The molecule has 2 fully saturated rings. The lowest BCUT2D eigenvalue weighted by atomic mass is 9.87. The first kappa shape index (κ1) is 12.9. The largest absolute Gasteiger partial charge is 0.340 e. The van der Waals surface area contributed by atoms with Crippen molar-refractivity contribution >= 4 is 5.95 Å². The predicted octanol–water partition coefficient (Wildman–Crippen LogP) is 1.96. The molecule has 2 aliphatic heterocycles. The van der Waals surface area contributed by atoms with Gasteiger partial charge in [-0.15, -0.1) is 0 Å². The zero-order chi connectivity index (χ0) is 13.5. The van der Waals surface area contributed by atoms with Gasteiger partial charge in [-0.1, -0.05) is 20.8 Å². The minimum Gasteiger partial charge on any atom is -0.340 e. The van der Waals surface area contributed by atoms with E-state index in [1.165, 1.54) is 18.4 Å². The fourth-order valence-electron chi connectivity index (χ4n) is 3.12. The lowest BCUT2D eigenvalue weighted by Crippen LogP contribution is -2.30. The molecule has 2 aliphatic rings. The van der Waals surface area contributed by atoms with E-state index in [4.69, 9.17) is 0 Å². The van der Waals surface area contributed by atoms with Crippen molar-refractivity contribution in [2.24, 2.45) is 5.41 Å². The summed E-state index contributed by atoms with van der Waals surface area (Å²) < 4.78 is 0.